The number of thioether (sulfide) groups is 1. The normalized spacial score (nSPS) is 10.7. The van der Waals surface area contributed by atoms with Crippen LogP contribution < -0.4 is 0 Å². The Labute approximate surface area is 105 Å². The van der Waals surface area contributed by atoms with Crippen molar-refractivity contribution < 1.29 is 5.11 Å². The first-order chi connectivity index (χ1) is 7.38. The summed E-state index contributed by atoms with van der Waals surface area (Å²) >= 11 is 1.21. The fourth-order valence-corrected chi connectivity index (χ4v) is 4.05. The van der Waals surface area contributed by atoms with E-state index in [0.29, 0.717) is 0 Å². The molecule has 0 bridgehead atoms. The van der Waals surface area contributed by atoms with Gasteiger partial charge in [-0.3, -0.25) is 0 Å². The van der Waals surface area contributed by atoms with E-state index in [2.05, 4.69) is 33.7 Å². The van der Waals surface area contributed by atoms with Crippen LogP contribution >= 0.6 is 11.8 Å². The number of hydrogen-bond donors (Lipinski definition) is 1. The summed E-state index contributed by atoms with van der Waals surface area (Å²) in [5.74, 6) is 2.72. The number of aliphatic hydroxyl groups excluding tert-OH is 1. The molecule has 1 aromatic carbocycles. The van der Waals surface area contributed by atoms with E-state index in [1.165, 1.54) is 9.18 Å². The van der Waals surface area contributed by atoms with Gasteiger partial charge in [-0.25, -0.2) is 0 Å². The van der Waals surface area contributed by atoms with Gasteiger partial charge in [0.05, 0.1) is 0 Å². The van der Waals surface area contributed by atoms with Crippen LogP contribution in [0.1, 0.15) is 5.56 Å². The molecule has 0 saturated carbocycles. The molecule has 0 aliphatic rings. The van der Waals surface area contributed by atoms with Gasteiger partial charge in [0.25, 0.3) is 0 Å². The third-order valence-corrected chi connectivity index (χ3v) is 4.87. The van der Waals surface area contributed by atoms with Crippen molar-refractivity contribution in [3.8, 4) is 9.89 Å². The molecule has 0 aliphatic heterocycles. The summed E-state index contributed by atoms with van der Waals surface area (Å²) in [6, 6.07) is 10.3. The van der Waals surface area contributed by atoms with Crippen molar-refractivity contribution in [1.82, 2.24) is 0 Å². The molecule has 0 aromatic heterocycles. The average molecular weight is 332 g/mol. The second-order valence-corrected chi connectivity index (χ2v) is 5.75. The van der Waals surface area contributed by atoms with Crippen LogP contribution in [0.3, 0.4) is 0 Å². The molecule has 1 nitrogen and oxygen atoms in total. The average Bonchev–Trinajstić information content (AvgIpc) is 2.29. The summed E-state index contributed by atoms with van der Waals surface area (Å²) in [5, 5.41) is 10.8. The van der Waals surface area contributed by atoms with Gasteiger partial charge in [0.2, 0.25) is 0 Å². The van der Waals surface area contributed by atoms with E-state index >= 15 is 0 Å². The number of hydrogen-bond acceptors (Lipinski definition) is 2. The van der Waals surface area contributed by atoms with Gasteiger partial charge < -0.3 is 0 Å². The van der Waals surface area contributed by atoms with Gasteiger partial charge >= 0.3 is 105 Å². The Morgan fingerprint density at radius 1 is 1.47 bits per heavy atom. The van der Waals surface area contributed by atoms with E-state index in [1.54, 1.807) is 11.8 Å². The molecule has 0 fully saturated rings. The van der Waals surface area contributed by atoms with E-state index in [0.717, 1.165) is 0 Å². The van der Waals surface area contributed by atoms with Gasteiger partial charge in [-0.2, -0.15) is 0 Å². The van der Waals surface area contributed by atoms with Crippen LogP contribution in [0.4, 0.5) is 0 Å². The maximum atomic E-state index is 8.60. The monoisotopic (exact) mass is 334 g/mol. The van der Waals surface area contributed by atoms with Crippen LogP contribution in [0.2, 0.25) is 0 Å². The second kappa shape index (κ2) is 7.85. The number of benzene rings is 1. The Hall–Kier alpha value is -0.380. The molecule has 0 saturated heterocycles. The Morgan fingerprint density at radius 3 is 2.80 bits per heavy atom. The summed E-state index contributed by atoms with van der Waals surface area (Å²) in [6.07, 6.45) is 2.05. The van der Waals surface area contributed by atoms with E-state index in [4.69, 9.17) is 5.11 Å². The van der Waals surface area contributed by atoms with Gasteiger partial charge in [-0.1, -0.05) is 0 Å². The molecule has 0 aliphatic carbocycles. The molecule has 1 rings (SSSR count). The zero-order chi connectivity index (χ0) is 10.9. The van der Waals surface area contributed by atoms with Crippen molar-refractivity contribution in [2.45, 2.75) is 0 Å². The molecule has 78 valence electrons. The molecule has 1 aromatic rings. The molecular weight excluding hydrogens is 320 g/mol. The van der Waals surface area contributed by atoms with Crippen molar-refractivity contribution in [2.75, 3.05) is 12.9 Å². The van der Waals surface area contributed by atoms with Gasteiger partial charge in [-0.05, 0) is 0 Å². The molecule has 0 atom stereocenters. The first kappa shape index (κ1) is 12.7. The van der Waals surface area contributed by atoms with Crippen molar-refractivity contribution >= 4 is 36.3 Å². The Balaban J connectivity index is 2.80. The third-order valence-electron chi connectivity index (χ3n) is 1.60. The predicted octanol–water partition coefficient (Wildman–Crippen LogP) is 2.01. The molecule has 3 heteroatoms. The standard InChI is InChI=1S/C12H12OSTe/c1-14-10-12(15-9-5-8-13)11-6-3-2-4-7-11/h2-4,6-7,10,13H,8H2,1H3/b12-10+. The first-order valence-electron chi connectivity index (χ1n) is 4.42. The van der Waals surface area contributed by atoms with Crippen molar-refractivity contribution in [3.05, 3.63) is 41.3 Å². The molecule has 0 radical (unpaired) electrons. The summed E-state index contributed by atoms with van der Waals surface area (Å²) in [5.41, 5.74) is 1.25. The molecule has 0 amide bonds. The van der Waals surface area contributed by atoms with Gasteiger partial charge in [0, 0.05) is 0 Å². The number of aliphatic hydroxyl groups is 1. The minimum atomic E-state index is -0.495. The molecule has 0 heterocycles. The molecular formula is C12H12OSTe. The van der Waals surface area contributed by atoms with Crippen LogP contribution in [0.5, 0.6) is 0 Å². The minimum absolute atomic E-state index is 0.0356. The fraction of sp³-hybridized carbons (Fsp3) is 0.167. The third kappa shape index (κ3) is 4.78. The first-order valence-corrected chi connectivity index (χ1v) is 8.04. The molecule has 15 heavy (non-hydrogen) atoms. The summed E-state index contributed by atoms with van der Waals surface area (Å²) in [4.78, 5) is 0. The predicted molar refractivity (Wildman–Crippen MR) is 68.5 cm³/mol. The zero-order valence-electron chi connectivity index (χ0n) is 8.43. The van der Waals surface area contributed by atoms with Crippen LogP contribution in [-0.4, -0.2) is 38.9 Å². The van der Waals surface area contributed by atoms with Crippen LogP contribution in [0, 0.1) is 9.89 Å². The Bertz CT molecular complexity index is 376. The van der Waals surface area contributed by atoms with Crippen LogP contribution in [-0.2, 0) is 0 Å². The van der Waals surface area contributed by atoms with Crippen molar-refractivity contribution in [2.24, 2.45) is 0 Å². The van der Waals surface area contributed by atoms with Crippen LogP contribution in [0.15, 0.2) is 35.7 Å². The van der Waals surface area contributed by atoms with E-state index in [1.807, 2.05) is 18.2 Å². The summed E-state index contributed by atoms with van der Waals surface area (Å²) < 4.78 is 4.40. The zero-order valence-corrected chi connectivity index (χ0v) is 11.6. The Morgan fingerprint density at radius 2 is 2.20 bits per heavy atom. The quantitative estimate of drug-likeness (QED) is 0.675. The van der Waals surface area contributed by atoms with Crippen molar-refractivity contribution in [1.29, 1.82) is 0 Å². The molecule has 1 N–H and O–H groups in total. The fourth-order valence-electron chi connectivity index (χ4n) is 0.984. The molecule has 0 spiro atoms. The van der Waals surface area contributed by atoms with Gasteiger partial charge in [-0.15, -0.1) is 0 Å². The van der Waals surface area contributed by atoms with E-state index in [-0.39, 0.29) is 6.61 Å². The molecule has 0 unspecified atom stereocenters. The topological polar surface area (TPSA) is 20.2 Å². The van der Waals surface area contributed by atoms with Gasteiger partial charge in [0.15, 0.2) is 0 Å². The van der Waals surface area contributed by atoms with E-state index in [9.17, 15) is 0 Å². The van der Waals surface area contributed by atoms with Crippen molar-refractivity contribution in [3.63, 3.8) is 0 Å². The SMILES string of the molecule is CS/C=C(/[Te]C#CCO)c1ccccc1. The second-order valence-electron chi connectivity index (χ2n) is 2.62. The van der Waals surface area contributed by atoms with Gasteiger partial charge in [0.1, 0.15) is 0 Å². The van der Waals surface area contributed by atoms with Crippen LogP contribution in [0.25, 0.3) is 3.62 Å². The van der Waals surface area contributed by atoms with E-state index < -0.39 is 20.9 Å². The maximum absolute atomic E-state index is 8.60. The summed E-state index contributed by atoms with van der Waals surface area (Å²) in [6.45, 7) is -0.0356. The summed E-state index contributed by atoms with van der Waals surface area (Å²) in [7, 11) is 0. The Kier molecular flexibility index (Phi) is 6.64. The number of rotatable bonds is 3.